The fourth-order valence-corrected chi connectivity index (χ4v) is 1.99. The lowest BCUT2D eigenvalue weighted by Crippen LogP contribution is -2.28. The highest BCUT2D eigenvalue weighted by molar-refractivity contribution is 5.74. The average Bonchev–Trinajstić information content (AvgIpc) is 2.39. The molecule has 1 aromatic carbocycles. The van der Waals surface area contributed by atoms with Crippen LogP contribution in [0, 0.1) is 10.7 Å². The lowest BCUT2D eigenvalue weighted by atomic mass is 10.2. The number of hydrogen-bond donors (Lipinski definition) is 2. The third-order valence-electron chi connectivity index (χ3n) is 2.85. The second-order valence-corrected chi connectivity index (χ2v) is 3.87. The predicted molar refractivity (Wildman–Crippen MR) is 62.1 cm³/mol. The molecule has 1 aromatic rings. The molecule has 2 aliphatic rings. The number of fused-ring (bicyclic) bond motifs is 1. The number of para-hydroxylation sites is 2. The van der Waals surface area contributed by atoms with Crippen molar-refractivity contribution in [3.8, 4) is 0 Å². The molecule has 0 fully saturated rings. The summed E-state index contributed by atoms with van der Waals surface area (Å²) >= 11 is 0. The lowest BCUT2D eigenvalue weighted by Gasteiger charge is -2.09. The third-order valence-corrected chi connectivity index (χ3v) is 2.85. The van der Waals surface area contributed by atoms with Crippen LogP contribution in [0.25, 0.3) is 11.0 Å². The molecule has 6 nitrogen and oxygen atoms in total. The molecule has 0 saturated carbocycles. The van der Waals surface area contributed by atoms with Crippen LogP contribution >= 0.6 is 0 Å². The van der Waals surface area contributed by atoms with Crippen molar-refractivity contribution in [2.75, 3.05) is 0 Å². The van der Waals surface area contributed by atoms with Crippen LogP contribution in [0.15, 0.2) is 46.0 Å². The molecular weight excluding hydrogens is 236 g/mol. The summed E-state index contributed by atoms with van der Waals surface area (Å²) in [6, 6.07) is 8.78. The van der Waals surface area contributed by atoms with Gasteiger partial charge in [-0.1, -0.05) is 12.1 Å². The highest BCUT2D eigenvalue weighted by Gasteiger charge is 2.10. The van der Waals surface area contributed by atoms with Crippen molar-refractivity contribution in [2.45, 2.75) is 0 Å². The van der Waals surface area contributed by atoms with E-state index in [1.807, 2.05) is 0 Å². The van der Waals surface area contributed by atoms with E-state index in [-0.39, 0.29) is 16.2 Å². The maximum atomic E-state index is 11.7. The molecule has 1 aliphatic carbocycles. The van der Waals surface area contributed by atoms with Crippen LogP contribution in [0.4, 0.5) is 0 Å². The largest absolute Gasteiger partial charge is 0.428 e. The van der Waals surface area contributed by atoms with E-state index in [1.54, 1.807) is 18.2 Å². The Morgan fingerprint density at radius 1 is 0.833 bits per heavy atom. The zero-order chi connectivity index (χ0) is 12.9. The summed E-state index contributed by atoms with van der Waals surface area (Å²) in [4.78, 5) is 23.0. The van der Waals surface area contributed by atoms with Crippen LogP contribution in [-0.4, -0.2) is 19.9 Å². The lowest BCUT2D eigenvalue weighted by molar-refractivity contribution is 0.163. The Labute approximate surface area is 99.1 Å². The minimum atomic E-state index is -0.858. The second kappa shape index (κ2) is 3.36. The monoisotopic (exact) mass is 244 g/mol. The van der Waals surface area contributed by atoms with Gasteiger partial charge in [-0.25, -0.2) is 0 Å². The summed E-state index contributed by atoms with van der Waals surface area (Å²) in [6.07, 6.45) is 0. The summed E-state index contributed by atoms with van der Waals surface area (Å²) in [5.74, 6) is 0. The standard InChI is InChI=1S/C12H8N2O4/c15-10-6-5-9-11(12(10)16)14(18)8-4-2-1-3-7(8)13(9)17/h1-6,17-18H. The van der Waals surface area contributed by atoms with Gasteiger partial charge >= 0.3 is 0 Å². The Kier molecular flexibility index (Phi) is 1.94. The molecule has 0 spiro atoms. The normalized spacial score (nSPS) is 11.1. The maximum Gasteiger partial charge on any atom is 0.254 e. The Hall–Kier alpha value is -2.76. The third kappa shape index (κ3) is 1.17. The van der Waals surface area contributed by atoms with E-state index in [0.717, 1.165) is 10.8 Å². The summed E-state index contributed by atoms with van der Waals surface area (Å²) in [5, 5.41) is 19.8. The first-order valence-corrected chi connectivity index (χ1v) is 5.19. The molecule has 0 amide bonds. The minimum Gasteiger partial charge on any atom is -0.428 e. The number of hydrogen-bond acceptors (Lipinski definition) is 4. The maximum absolute atomic E-state index is 11.7. The summed E-state index contributed by atoms with van der Waals surface area (Å²) < 4.78 is 1.40. The smallest absolute Gasteiger partial charge is 0.254 e. The quantitative estimate of drug-likeness (QED) is 0.442. The van der Waals surface area contributed by atoms with Gasteiger partial charge in [0.25, 0.3) is 5.43 Å². The van der Waals surface area contributed by atoms with Crippen molar-refractivity contribution in [3.63, 3.8) is 0 Å². The first kappa shape index (κ1) is 10.4. The van der Waals surface area contributed by atoms with Gasteiger partial charge < -0.3 is 10.4 Å². The van der Waals surface area contributed by atoms with E-state index in [2.05, 4.69) is 0 Å². The summed E-state index contributed by atoms with van der Waals surface area (Å²) in [6.45, 7) is 0. The van der Waals surface area contributed by atoms with E-state index in [0.29, 0.717) is 10.2 Å². The molecule has 2 N–H and O–H groups in total. The molecule has 90 valence electrons. The summed E-state index contributed by atoms with van der Waals surface area (Å²) in [7, 11) is 0. The fourth-order valence-electron chi connectivity index (χ4n) is 1.99. The van der Waals surface area contributed by atoms with Gasteiger partial charge in [0.15, 0.2) is 5.35 Å². The van der Waals surface area contributed by atoms with Gasteiger partial charge in [-0.3, -0.25) is 9.59 Å². The topological polar surface area (TPSA) is 84.5 Å². The fraction of sp³-hybridized carbons (Fsp3) is 0. The van der Waals surface area contributed by atoms with E-state index < -0.39 is 10.9 Å². The average molecular weight is 244 g/mol. The van der Waals surface area contributed by atoms with E-state index in [4.69, 9.17) is 0 Å². The Morgan fingerprint density at radius 3 is 2.11 bits per heavy atom. The first-order valence-electron chi connectivity index (χ1n) is 5.19. The molecule has 0 bridgehead atoms. The predicted octanol–water partition coefficient (Wildman–Crippen LogP) is 0.363. The molecule has 0 aromatic heterocycles. The van der Waals surface area contributed by atoms with Gasteiger partial charge in [0, 0.05) is 0 Å². The second-order valence-electron chi connectivity index (χ2n) is 3.87. The molecule has 1 aliphatic heterocycles. The Bertz CT molecular complexity index is 939. The van der Waals surface area contributed by atoms with Gasteiger partial charge in [-0.05, 0) is 24.3 Å². The first-order chi connectivity index (χ1) is 8.61. The van der Waals surface area contributed by atoms with Crippen molar-refractivity contribution in [3.05, 3.63) is 67.5 Å². The summed E-state index contributed by atoms with van der Waals surface area (Å²) in [5.41, 5.74) is -1.04. The van der Waals surface area contributed by atoms with E-state index in [9.17, 15) is 20.0 Å². The van der Waals surface area contributed by atoms with Gasteiger partial charge in [0.2, 0.25) is 5.43 Å². The molecule has 3 rings (SSSR count). The molecule has 6 heteroatoms. The van der Waals surface area contributed by atoms with Crippen LogP contribution in [0.5, 0.6) is 0 Å². The number of nitrogens with zero attached hydrogens (tertiary/aromatic N) is 2. The van der Waals surface area contributed by atoms with Crippen LogP contribution < -0.4 is 10.9 Å². The van der Waals surface area contributed by atoms with Crippen LogP contribution in [-0.2, 0) is 0 Å². The molecule has 0 saturated heterocycles. The Morgan fingerprint density at radius 2 is 1.44 bits per heavy atom. The number of aromatic nitrogens is 2. The molecule has 1 heterocycles. The molecule has 0 unspecified atom stereocenters. The Balaban J connectivity index is 2.85. The highest BCUT2D eigenvalue weighted by atomic mass is 16.5. The van der Waals surface area contributed by atoms with E-state index in [1.165, 1.54) is 12.1 Å². The van der Waals surface area contributed by atoms with Gasteiger partial charge in [0.1, 0.15) is 16.4 Å². The zero-order valence-electron chi connectivity index (χ0n) is 9.07. The van der Waals surface area contributed by atoms with Gasteiger partial charge in [-0.2, -0.15) is 9.46 Å². The highest BCUT2D eigenvalue weighted by Crippen LogP contribution is 2.12. The number of rotatable bonds is 0. The van der Waals surface area contributed by atoms with Gasteiger partial charge in [0.05, 0.1) is 0 Å². The van der Waals surface area contributed by atoms with Crippen molar-refractivity contribution in [1.82, 2.24) is 9.46 Å². The van der Waals surface area contributed by atoms with Crippen LogP contribution in [0.3, 0.4) is 0 Å². The van der Waals surface area contributed by atoms with Crippen molar-refractivity contribution in [2.24, 2.45) is 0 Å². The van der Waals surface area contributed by atoms with E-state index >= 15 is 0 Å². The van der Waals surface area contributed by atoms with Crippen molar-refractivity contribution >= 4 is 11.0 Å². The van der Waals surface area contributed by atoms with Crippen LogP contribution in [0.2, 0.25) is 0 Å². The zero-order valence-corrected chi connectivity index (χ0v) is 9.07. The van der Waals surface area contributed by atoms with Crippen molar-refractivity contribution < 1.29 is 10.4 Å². The van der Waals surface area contributed by atoms with Crippen LogP contribution in [0.1, 0.15) is 0 Å². The molecular formula is C12H8N2O4. The number of benzene rings is 1. The SMILES string of the molecule is O=c1ccc2n(O)c3ccccc3n(O)c=2c1=O. The van der Waals surface area contributed by atoms with Gasteiger partial charge in [-0.15, -0.1) is 0 Å². The minimum absolute atomic E-state index is 0.0702. The molecule has 18 heavy (non-hydrogen) atoms. The molecule has 0 atom stereocenters. The molecule has 0 radical (unpaired) electrons. The van der Waals surface area contributed by atoms with Crippen molar-refractivity contribution in [1.29, 1.82) is 0 Å².